The van der Waals surface area contributed by atoms with E-state index in [4.69, 9.17) is 0 Å². The first-order chi connectivity index (χ1) is 13.0. The Kier molecular flexibility index (Phi) is 4.44. The average molecular weight is 362 g/mol. The monoisotopic (exact) mass is 362 g/mol. The van der Waals surface area contributed by atoms with E-state index in [1.165, 1.54) is 23.6 Å². The van der Waals surface area contributed by atoms with Gasteiger partial charge in [-0.15, -0.1) is 0 Å². The first-order valence-electron chi connectivity index (χ1n) is 9.24. The molecule has 1 heterocycles. The van der Waals surface area contributed by atoms with E-state index in [2.05, 4.69) is 29.6 Å². The average Bonchev–Trinajstić information content (AvgIpc) is 3.10. The smallest absolute Gasteiger partial charge is 0.323 e. The fraction of sp³-hybridized carbons (Fsp3) is 0.273. The maximum atomic E-state index is 11.4. The molecule has 1 aromatic carbocycles. The fourth-order valence-corrected chi connectivity index (χ4v) is 4.04. The highest BCUT2D eigenvalue weighted by Crippen LogP contribution is 2.37. The minimum absolute atomic E-state index is 0.0774. The number of aryl methyl sites for hydroxylation is 1. The van der Waals surface area contributed by atoms with Gasteiger partial charge in [0, 0.05) is 23.5 Å². The second kappa shape index (κ2) is 6.91. The molecule has 3 aliphatic carbocycles. The van der Waals surface area contributed by atoms with Gasteiger partial charge in [0.15, 0.2) is 0 Å². The van der Waals surface area contributed by atoms with Crippen LogP contribution in [0.2, 0.25) is 0 Å². The van der Waals surface area contributed by atoms with Crippen molar-refractivity contribution in [2.75, 3.05) is 0 Å². The molecule has 1 atom stereocenters. The number of nitrogens with zero attached hydrogens (tertiary/aromatic N) is 1. The van der Waals surface area contributed by atoms with Crippen LogP contribution in [0, 0.1) is 0 Å². The van der Waals surface area contributed by atoms with Crippen molar-refractivity contribution in [1.82, 2.24) is 9.88 Å². The number of carboxylic acids is 1. The highest BCUT2D eigenvalue weighted by molar-refractivity contribution is 5.87. The number of rotatable bonds is 3. The summed E-state index contributed by atoms with van der Waals surface area (Å²) in [6.45, 7) is 1.42. The molecular formula is C22H22N2O3. The van der Waals surface area contributed by atoms with Crippen LogP contribution in [0.1, 0.15) is 37.1 Å². The Morgan fingerprint density at radius 1 is 1.15 bits per heavy atom. The Morgan fingerprint density at radius 3 is 2.48 bits per heavy atom. The zero-order valence-electron chi connectivity index (χ0n) is 15.2. The zero-order chi connectivity index (χ0) is 19.0. The minimum atomic E-state index is -0.870. The van der Waals surface area contributed by atoms with Gasteiger partial charge in [-0.2, -0.15) is 0 Å². The first-order valence-corrected chi connectivity index (χ1v) is 9.24. The van der Waals surface area contributed by atoms with E-state index < -0.39 is 5.97 Å². The molecular weight excluding hydrogens is 340 g/mol. The molecule has 1 amide bonds. The van der Waals surface area contributed by atoms with E-state index in [9.17, 15) is 14.7 Å². The molecule has 1 aromatic heterocycles. The molecule has 0 saturated carbocycles. The van der Waals surface area contributed by atoms with Crippen LogP contribution in [0.5, 0.6) is 0 Å². The molecule has 3 aliphatic rings. The molecule has 1 unspecified atom stereocenters. The second-order valence-corrected chi connectivity index (χ2v) is 7.09. The summed E-state index contributed by atoms with van der Waals surface area (Å²) in [5, 5.41) is 13.3. The van der Waals surface area contributed by atoms with Crippen molar-refractivity contribution in [3.63, 3.8) is 0 Å². The molecule has 5 rings (SSSR count). The molecule has 0 aliphatic heterocycles. The van der Waals surface area contributed by atoms with Gasteiger partial charge < -0.3 is 15.0 Å². The van der Waals surface area contributed by atoms with Crippen LogP contribution in [0.4, 0.5) is 0 Å². The largest absolute Gasteiger partial charge is 0.480 e. The minimum Gasteiger partial charge on any atom is -0.480 e. The molecule has 0 fully saturated rings. The van der Waals surface area contributed by atoms with E-state index in [0.29, 0.717) is 0 Å². The van der Waals surface area contributed by atoms with Crippen LogP contribution in [-0.2, 0) is 22.6 Å². The Morgan fingerprint density at radius 2 is 1.89 bits per heavy atom. The third-order valence-electron chi connectivity index (χ3n) is 5.15. The van der Waals surface area contributed by atoms with Crippen molar-refractivity contribution in [1.29, 1.82) is 0 Å². The predicted octanol–water partition coefficient (Wildman–Crippen LogP) is 3.91. The lowest BCUT2D eigenvalue weighted by atomic mass is 9.91. The van der Waals surface area contributed by atoms with Crippen LogP contribution in [0.15, 0.2) is 48.5 Å². The van der Waals surface area contributed by atoms with Crippen LogP contribution in [-0.4, -0.2) is 21.6 Å². The number of benzene rings is 2. The van der Waals surface area contributed by atoms with Gasteiger partial charge in [0.25, 0.3) is 0 Å². The lowest BCUT2D eigenvalue weighted by Crippen LogP contribution is -2.31. The van der Waals surface area contributed by atoms with Crippen molar-refractivity contribution < 1.29 is 14.7 Å². The lowest BCUT2D eigenvalue weighted by Gasteiger charge is -2.25. The summed E-state index contributed by atoms with van der Waals surface area (Å²) in [6, 6.07) is 16.2. The van der Waals surface area contributed by atoms with Gasteiger partial charge >= 0.3 is 5.97 Å². The van der Waals surface area contributed by atoms with Crippen molar-refractivity contribution >= 4 is 22.8 Å². The summed E-state index contributed by atoms with van der Waals surface area (Å²) >= 11 is 0. The number of aromatic nitrogens is 1. The van der Waals surface area contributed by atoms with E-state index in [1.54, 1.807) is 0 Å². The molecule has 5 nitrogen and oxygen atoms in total. The molecule has 2 aromatic rings. The number of hydrogen-bond donors (Lipinski definition) is 2. The summed E-state index contributed by atoms with van der Waals surface area (Å²) in [7, 11) is 0. The Hall–Kier alpha value is -3.08. The number of hydrogen-bond acceptors (Lipinski definition) is 2. The lowest BCUT2D eigenvalue weighted by molar-refractivity contribution is -0.137. The van der Waals surface area contributed by atoms with Gasteiger partial charge in [-0.25, -0.2) is 0 Å². The fourth-order valence-electron chi connectivity index (χ4n) is 4.04. The third-order valence-corrected chi connectivity index (χ3v) is 5.15. The zero-order valence-corrected chi connectivity index (χ0v) is 15.2. The maximum Gasteiger partial charge on any atom is 0.323 e. The number of fused-ring (bicyclic) bond motifs is 4. The molecule has 0 bridgehead atoms. The molecule has 138 valence electrons. The van der Waals surface area contributed by atoms with Crippen molar-refractivity contribution in [2.24, 2.45) is 0 Å². The van der Waals surface area contributed by atoms with Gasteiger partial charge in [0.05, 0.1) is 6.04 Å². The Balaban J connectivity index is 0.000000250. The molecule has 0 radical (unpaired) electrons. The van der Waals surface area contributed by atoms with Crippen LogP contribution >= 0.6 is 0 Å². The Labute approximate surface area is 157 Å². The number of amides is 1. The maximum absolute atomic E-state index is 11.4. The number of carboxylic acid groups (broad SMARTS) is 1. The summed E-state index contributed by atoms with van der Waals surface area (Å²) in [5.41, 5.74) is 5.92. The van der Waals surface area contributed by atoms with Crippen LogP contribution in [0.3, 0.4) is 0 Å². The molecule has 5 heteroatoms. The number of carbonyl (C=O) groups is 2. The second-order valence-electron chi connectivity index (χ2n) is 7.09. The highest BCUT2D eigenvalue weighted by atomic mass is 16.4. The van der Waals surface area contributed by atoms with E-state index in [1.807, 2.05) is 28.8 Å². The molecule has 27 heavy (non-hydrogen) atoms. The molecule has 0 saturated heterocycles. The normalized spacial score (nSPS) is 16.1. The quantitative estimate of drug-likeness (QED) is 0.580. The number of aliphatic carboxylic acids is 1. The number of carbonyl (C=O) groups excluding carboxylic acids is 1. The first kappa shape index (κ1) is 17.3. The van der Waals surface area contributed by atoms with Gasteiger partial charge in [-0.1, -0.05) is 36.4 Å². The third kappa shape index (κ3) is 3.45. The standard InChI is InChI=1S/C16H18N2O3.C6H4/c1-10(19)17-13-7-4-6-12-11-5-2-3-8-14(11)18(16(12)13)9-15(20)21;1-2-5-4-6(5)3-1/h2-3,5,8,13H,4,6-7,9H2,1H3,(H,17,19)(H,20,21);1-4H. The van der Waals surface area contributed by atoms with Crippen molar-refractivity contribution in [3.05, 3.63) is 59.8 Å². The van der Waals surface area contributed by atoms with Crippen molar-refractivity contribution in [3.8, 4) is 11.1 Å². The number of para-hydroxylation sites is 1. The van der Waals surface area contributed by atoms with Gasteiger partial charge in [0.1, 0.15) is 6.54 Å². The van der Waals surface area contributed by atoms with Crippen LogP contribution in [0.25, 0.3) is 22.0 Å². The summed E-state index contributed by atoms with van der Waals surface area (Å²) in [5.74, 6) is -0.953. The van der Waals surface area contributed by atoms with E-state index in [-0.39, 0.29) is 18.5 Å². The van der Waals surface area contributed by atoms with E-state index in [0.717, 1.165) is 35.9 Å². The van der Waals surface area contributed by atoms with Gasteiger partial charge in [0.2, 0.25) is 5.91 Å². The molecule has 2 N–H and O–H groups in total. The summed E-state index contributed by atoms with van der Waals surface area (Å²) in [4.78, 5) is 22.7. The Bertz CT molecular complexity index is 1020. The number of nitrogens with one attached hydrogen (secondary N) is 1. The SMILES string of the molecule is CC(=O)NC1CCCc2c1n(CC(=O)O)c1ccccc21.c1cc2cc-2c1. The van der Waals surface area contributed by atoms with E-state index >= 15 is 0 Å². The summed E-state index contributed by atoms with van der Waals surface area (Å²) < 4.78 is 1.84. The van der Waals surface area contributed by atoms with Crippen molar-refractivity contribution in [2.45, 2.75) is 38.8 Å². The van der Waals surface area contributed by atoms with Crippen LogP contribution < -0.4 is 5.32 Å². The van der Waals surface area contributed by atoms with Gasteiger partial charge in [-0.3, -0.25) is 9.59 Å². The predicted molar refractivity (Wildman–Crippen MR) is 105 cm³/mol. The highest BCUT2D eigenvalue weighted by Gasteiger charge is 2.28. The summed E-state index contributed by atoms with van der Waals surface area (Å²) in [6.07, 6.45) is 2.78. The van der Waals surface area contributed by atoms with Gasteiger partial charge in [-0.05, 0) is 48.1 Å². The topological polar surface area (TPSA) is 71.3 Å². The molecule has 0 spiro atoms.